The Morgan fingerprint density at radius 3 is 2.76 bits per heavy atom. The molecule has 3 unspecified atom stereocenters. The lowest BCUT2D eigenvalue weighted by molar-refractivity contribution is -0.0539. The van der Waals surface area contributed by atoms with Crippen LogP contribution in [0, 0.1) is 5.41 Å². The molecule has 0 amide bonds. The topological polar surface area (TPSA) is 32.7 Å². The van der Waals surface area contributed by atoms with Gasteiger partial charge in [-0.05, 0) is 44.1 Å². The van der Waals surface area contributed by atoms with E-state index >= 15 is 0 Å². The van der Waals surface area contributed by atoms with Gasteiger partial charge in [-0.15, -0.1) is 0 Å². The molecule has 0 aromatic heterocycles. The first kappa shape index (κ1) is 13.3. The lowest BCUT2D eigenvalue weighted by Gasteiger charge is -2.46. The highest BCUT2D eigenvalue weighted by molar-refractivity contribution is 4.92. The van der Waals surface area contributed by atoms with Crippen LogP contribution in [0.3, 0.4) is 0 Å². The van der Waals surface area contributed by atoms with E-state index in [1.165, 1.54) is 12.8 Å². The lowest BCUT2D eigenvalue weighted by atomic mass is 9.73. The number of aliphatic hydroxyl groups excluding tert-OH is 1. The number of piperidine rings is 1. The molecule has 0 radical (unpaired) electrons. The van der Waals surface area contributed by atoms with Crippen LogP contribution in [0.2, 0.25) is 0 Å². The predicted octanol–water partition coefficient (Wildman–Crippen LogP) is 2.04. The second-order valence-electron chi connectivity index (χ2n) is 6.54. The molecule has 1 aliphatic heterocycles. The molecular formula is C14H27NO2. The third-order valence-corrected chi connectivity index (χ3v) is 4.53. The van der Waals surface area contributed by atoms with Crippen molar-refractivity contribution in [1.82, 2.24) is 4.90 Å². The zero-order valence-corrected chi connectivity index (χ0v) is 11.5. The molecule has 1 N–H and O–H groups in total. The van der Waals surface area contributed by atoms with Gasteiger partial charge in [0.05, 0.1) is 12.2 Å². The molecule has 2 aliphatic rings. The van der Waals surface area contributed by atoms with Crippen LogP contribution in [0.15, 0.2) is 0 Å². The van der Waals surface area contributed by atoms with Crippen LogP contribution in [-0.2, 0) is 4.74 Å². The molecule has 0 bridgehead atoms. The number of ether oxygens (including phenoxy) is 1. The molecule has 0 aromatic carbocycles. The summed E-state index contributed by atoms with van der Waals surface area (Å²) < 4.78 is 5.48. The fourth-order valence-corrected chi connectivity index (χ4v) is 3.37. The summed E-state index contributed by atoms with van der Waals surface area (Å²) in [5.41, 5.74) is 0.379. The van der Waals surface area contributed by atoms with Gasteiger partial charge in [0.1, 0.15) is 0 Å². The number of likely N-dealkylation sites (tertiary alicyclic amines) is 1. The second-order valence-corrected chi connectivity index (χ2v) is 6.54. The first-order valence-electron chi connectivity index (χ1n) is 6.97. The Bertz CT molecular complexity index is 255. The van der Waals surface area contributed by atoms with Crippen LogP contribution >= 0.6 is 0 Å². The van der Waals surface area contributed by atoms with Crippen molar-refractivity contribution in [3.8, 4) is 0 Å². The van der Waals surface area contributed by atoms with Crippen LogP contribution in [0.25, 0.3) is 0 Å². The molecular weight excluding hydrogens is 214 g/mol. The van der Waals surface area contributed by atoms with Crippen molar-refractivity contribution in [3.63, 3.8) is 0 Å². The summed E-state index contributed by atoms with van der Waals surface area (Å²) in [6.07, 6.45) is 5.80. The first-order chi connectivity index (χ1) is 8.02. The maximum atomic E-state index is 10.2. The molecule has 17 heavy (non-hydrogen) atoms. The van der Waals surface area contributed by atoms with Gasteiger partial charge in [0.15, 0.2) is 0 Å². The fourth-order valence-electron chi connectivity index (χ4n) is 3.37. The summed E-state index contributed by atoms with van der Waals surface area (Å²) in [5, 5.41) is 10.2. The summed E-state index contributed by atoms with van der Waals surface area (Å²) in [6, 6.07) is 0.344. The average molecular weight is 241 g/mol. The molecule has 0 aromatic rings. The van der Waals surface area contributed by atoms with Gasteiger partial charge in [0.2, 0.25) is 0 Å². The SMILES string of the molecule is COC1CCCN(C2CC(C)(C)CCC2O)C1. The van der Waals surface area contributed by atoms with Crippen molar-refractivity contribution in [2.75, 3.05) is 20.2 Å². The number of methoxy groups -OCH3 is 1. The Morgan fingerprint density at radius 1 is 1.29 bits per heavy atom. The lowest BCUT2D eigenvalue weighted by Crippen LogP contribution is -2.53. The number of hydrogen-bond acceptors (Lipinski definition) is 3. The van der Waals surface area contributed by atoms with Crippen LogP contribution < -0.4 is 0 Å². The highest BCUT2D eigenvalue weighted by atomic mass is 16.5. The van der Waals surface area contributed by atoms with Crippen molar-refractivity contribution in [2.24, 2.45) is 5.41 Å². The summed E-state index contributed by atoms with van der Waals surface area (Å²) in [4.78, 5) is 2.46. The highest BCUT2D eigenvalue weighted by Crippen LogP contribution is 2.38. The Kier molecular flexibility index (Phi) is 4.11. The van der Waals surface area contributed by atoms with Gasteiger partial charge in [-0.3, -0.25) is 4.90 Å². The summed E-state index contributed by atoms with van der Waals surface area (Å²) >= 11 is 0. The van der Waals surface area contributed by atoms with Gasteiger partial charge in [0.25, 0.3) is 0 Å². The van der Waals surface area contributed by atoms with Crippen LogP contribution in [0.1, 0.15) is 46.0 Å². The second kappa shape index (κ2) is 5.25. The molecule has 3 atom stereocenters. The molecule has 100 valence electrons. The molecule has 3 nitrogen and oxygen atoms in total. The molecule has 3 heteroatoms. The summed E-state index contributed by atoms with van der Waals surface area (Å²) in [5.74, 6) is 0. The van der Waals surface area contributed by atoms with E-state index in [2.05, 4.69) is 18.7 Å². The van der Waals surface area contributed by atoms with Crippen molar-refractivity contribution in [2.45, 2.75) is 64.2 Å². The van der Waals surface area contributed by atoms with E-state index in [-0.39, 0.29) is 6.10 Å². The number of rotatable bonds is 2. The molecule has 1 aliphatic carbocycles. The van der Waals surface area contributed by atoms with E-state index < -0.39 is 0 Å². The third kappa shape index (κ3) is 3.21. The minimum Gasteiger partial charge on any atom is -0.391 e. The van der Waals surface area contributed by atoms with Crippen LogP contribution in [-0.4, -0.2) is 48.5 Å². The summed E-state index contributed by atoms with van der Waals surface area (Å²) in [7, 11) is 1.80. The maximum Gasteiger partial charge on any atom is 0.0698 e. The monoisotopic (exact) mass is 241 g/mol. The van der Waals surface area contributed by atoms with Gasteiger partial charge in [-0.1, -0.05) is 13.8 Å². The van der Waals surface area contributed by atoms with Crippen molar-refractivity contribution in [1.29, 1.82) is 0 Å². The molecule has 1 saturated carbocycles. The van der Waals surface area contributed by atoms with E-state index in [1.54, 1.807) is 7.11 Å². The largest absolute Gasteiger partial charge is 0.391 e. The minimum atomic E-state index is -0.140. The summed E-state index contributed by atoms with van der Waals surface area (Å²) in [6.45, 7) is 6.76. The highest BCUT2D eigenvalue weighted by Gasteiger charge is 2.38. The Morgan fingerprint density at radius 2 is 2.06 bits per heavy atom. The normalized spacial score (nSPS) is 39.2. The van der Waals surface area contributed by atoms with E-state index in [0.717, 1.165) is 32.4 Å². The van der Waals surface area contributed by atoms with Gasteiger partial charge >= 0.3 is 0 Å². The number of hydrogen-bond donors (Lipinski definition) is 1. The fraction of sp³-hybridized carbons (Fsp3) is 1.00. The Hall–Kier alpha value is -0.120. The quantitative estimate of drug-likeness (QED) is 0.803. The van der Waals surface area contributed by atoms with E-state index in [9.17, 15) is 5.11 Å². The van der Waals surface area contributed by atoms with Crippen molar-refractivity contribution < 1.29 is 9.84 Å². The molecule has 1 saturated heterocycles. The van der Waals surface area contributed by atoms with Gasteiger partial charge < -0.3 is 9.84 Å². The predicted molar refractivity (Wildman–Crippen MR) is 69.0 cm³/mol. The zero-order valence-electron chi connectivity index (χ0n) is 11.5. The Balaban J connectivity index is 1.99. The average Bonchev–Trinajstić information content (AvgIpc) is 2.32. The first-order valence-corrected chi connectivity index (χ1v) is 6.97. The smallest absolute Gasteiger partial charge is 0.0698 e. The van der Waals surface area contributed by atoms with Crippen molar-refractivity contribution >= 4 is 0 Å². The molecule has 2 fully saturated rings. The van der Waals surface area contributed by atoms with E-state index in [1.807, 2.05) is 0 Å². The van der Waals surface area contributed by atoms with Crippen LogP contribution in [0.4, 0.5) is 0 Å². The zero-order chi connectivity index (χ0) is 12.5. The van der Waals surface area contributed by atoms with Crippen LogP contribution in [0.5, 0.6) is 0 Å². The van der Waals surface area contributed by atoms with E-state index in [0.29, 0.717) is 17.6 Å². The standard InChI is InChI=1S/C14H27NO2/c1-14(2)7-6-13(16)12(9-14)15-8-4-5-11(10-15)17-3/h11-13,16H,4-10H2,1-3H3. The molecule has 2 rings (SSSR count). The third-order valence-electron chi connectivity index (χ3n) is 4.53. The molecule has 0 spiro atoms. The minimum absolute atomic E-state index is 0.140. The molecule has 1 heterocycles. The van der Waals surface area contributed by atoms with Gasteiger partial charge in [0, 0.05) is 19.7 Å². The maximum absolute atomic E-state index is 10.2. The van der Waals surface area contributed by atoms with Gasteiger partial charge in [-0.2, -0.15) is 0 Å². The Labute approximate surface area is 105 Å². The number of nitrogens with zero attached hydrogens (tertiary/aromatic N) is 1. The van der Waals surface area contributed by atoms with Gasteiger partial charge in [-0.25, -0.2) is 0 Å². The van der Waals surface area contributed by atoms with E-state index in [4.69, 9.17) is 4.74 Å². The number of aliphatic hydroxyl groups is 1. The van der Waals surface area contributed by atoms with Crippen molar-refractivity contribution in [3.05, 3.63) is 0 Å².